The van der Waals surface area contributed by atoms with Crippen molar-refractivity contribution < 1.29 is 14.9 Å². The molecule has 192 valence electrons. The average Bonchev–Trinajstić information content (AvgIpc) is 2.90. The van der Waals surface area contributed by atoms with E-state index >= 15 is 0 Å². The van der Waals surface area contributed by atoms with Crippen LogP contribution in [0.25, 0.3) is 21.9 Å². The monoisotopic (exact) mass is 516 g/mol. The van der Waals surface area contributed by atoms with E-state index in [1.807, 2.05) is 42.5 Å². The quantitative estimate of drug-likeness (QED) is 0.254. The van der Waals surface area contributed by atoms with Gasteiger partial charge in [-0.3, -0.25) is 0 Å². The summed E-state index contributed by atoms with van der Waals surface area (Å²) in [5.41, 5.74) is 4.02. The number of fused-ring (bicyclic) bond motifs is 1. The van der Waals surface area contributed by atoms with Gasteiger partial charge in [0.25, 0.3) is 0 Å². The molecular weight excluding hydrogens is 484 g/mol. The van der Waals surface area contributed by atoms with E-state index in [2.05, 4.69) is 55.6 Å². The molecule has 1 unspecified atom stereocenters. The van der Waals surface area contributed by atoms with Crippen LogP contribution in [0.1, 0.15) is 30.5 Å². The zero-order valence-corrected chi connectivity index (χ0v) is 22.0. The van der Waals surface area contributed by atoms with Gasteiger partial charge < -0.3 is 20.3 Å². The standard InChI is InChI=1S/C31H32N2O3.ClH/c1-31(2,17-22-10-11-24-7-3-4-8-25(24)14-22)33-19-29(35)21-36-30-13-12-27(16-28(30)18-32)26-9-5-6-23(15-26)20-34;/h3-16,29,33-35H,17,19-21H2,1-2H3;1H. The summed E-state index contributed by atoms with van der Waals surface area (Å²) >= 11 is 0. The fourth-order valence-corrected chi connectivity index (χ4v) is 4.33. The Balaban J connectivity index is 0.00000380. The van der Waals surface area contributed by atoms with E-state index in [4.69, 9.17) is 4.74 Å². The highest BCUT2D eigenvalue weighted by atomic mass is 35.5. The second kappa shape index (κ2) is 12.7. The molecule has 0 radical (unpaired) electrons. The minimum Gasteiger partial charge on any atom is -0.489 e. The van der Waals surface area contributed by atoms with Crippen molar-refractivity contribution in [2.45, 2.75) is 38.5 Å². The first-order valence-electron chi connectivity index (χ1n) is 12.1. The number of hydrogen-bond acceptors (Lipinski definition) is 5. The summed E-state index contributed by atoms with van der Waals surface area (Å²) in [5, 5.41) is 35.4. The number of β-amino-alcohol motifs (C(OH)–C–C–N with tert-alkyl or cyclic N) is 1. The summed E-state index contributed by atoms with van der Waals surface area (Å²) in [6, 6.07) is 30.0. The molecule has 0 saturated carbocycles. The lowest BCUT2D eigenvalue weighted by Crippen LogP contribution is -2.46. The number of ether oxygens (including phenoxy) is 1. The molecule has 0 aliphatic carbocycles. The summed E-state index contributed by atoms with van der Waals surface area (Å²) in [6.45, 7) is 4.65. The van der Waals surface area contributed by atoms with Crippen LogP contribution < -0.4 is 10.1 Å². The number of nitriles is 1. The lowest BCUT2D eigenvalue weighted by atomic mass is 9.93. The lowest BCUT2D eigenvalue weighted by Gasteiger charge is -2.28. The lowest BCUT2D eigenvalue weighted by molar-refractivity contribution is 0.0987. The number of halogens is 1. The molecule has 0 aliphatic rings. The van der Waals surface area contributed by atoms with E-state index in [-0.39, 0.29) is 31.2 Å². The van der Waals surface area contributed by atoms with Crippen LogP contribution in [0.5, 0.6) is 5.75 Å². The minimum atomic E-state index is -0.728. The molecular formula is C31H33ClN2O3. The van der Waals surface area contributed by atoms with Gasteiger partial charge in [0.05, 0.1) is 12.2 Å². The second-order valence-corrected chi connectivity index (χ2v) is 9.77. The van der Waals surface area contributed by atoms with Crippen molar-refractivity contribution in [2.75, 3.05) is 13.2 Å². The molecule has 0 spiro atoms. The Kier molecular flexibility index (Phi) is 9.68. The third-order valence-corrected chi connectivity index (χ3v) is 6.25. The molecule has 0 fully saturated rings. The zero-order valence-electron chi connectivity index (χ0n) is 21.1. The van der Waals surface area contributed by atoms with Crippen molar-refractivity contribution >= 4 is 23.2 Å². The maximum absolute atomic E-state index is 10.5. The number of nitrogens with one attached hydrogen (secondary N) is 1. The van der Waals surface area contributed by atoms with Gasteiger partial charge in [0.1, 0.15) is 24.5 Å². The third kappa shape index (κ3) is 7.55. The molecule has 6 heteroatoms. The normalized spacial score (nSPS) is 12.0. The molecule has 5 nitrogen and oxygen atoms in total. The van der Waals surface area contributed by atoms with E-state index < -0.39 is 6.10 Å². The molecule has 3 N–H and O–H groups in total. The van der Waals surface area contributed by atoms with Crippen LogP contribution in [-0.4, -0.2) is 35.0 Å². The smallest absolute Gasteiger partial charge is 0.137 e. The van der Waals surface area contributed by atoms with Crippen LogP contribution >= 0.6 is 12.4 Å². The maximum atomic E-state index is 10.5. The van der Waals surface area contributed by atoms with Crippen LogP contribution in [-0.2, 0) is 13.0 Å². The van der Waals surface area contributed by atoms with E-state index in [9.17, 15) is 15.5 Å². The van der Waals surface area contributed by atoms with Gasteiger partial charge in [0, 0.05) is 12.1 Å². The predicted octanol–water partition coefficient (Wildman–Crippen LogP) is 5.64. The molecule has 4 rings (SSSR count). The van der Waals surface area contributed by atoms with Gasteiger partial charge in [-0.05, 0) is 71.5 Å². The van der Waals surface area contributed by atoms with Gasteiger partial charge in [0.2, 0.25) is 0 Å². The highest BCUT2D eigenvalue weighted by molar-refractivity contribution is 5.85. The molecule has 4 aromatic carbocycles. The highest BCUT2D eigenvalue weighted by Crippen LogP contribution is 2.27. The number of hydrogen-bond donors (Lipinski definition) is 3. The Bertz CT molecular complexity index is 1380. The van der Waals surface area contributed by atoms with Gasteiger partial charge in [-0.2, -0.15) is 5.26 Å². The summed E-state index contributed by atoms with van der Waals surface area (Å²) < 4.78 is 5.80. The van der Waals surface area contributed by atoms with Gasteiger partial charge >= 0.3 is 0 Å². The fourth-order valence-electron chi connectivity index (χ4n) is 4.33. The number of nitrogens with zero attached hydrogens (tertiary/aromatic N) is 1. The highest BCUT2D eigenvalue weighted by Gasteiger charge is 2.20. The van der Waals surface area contributed by atoms with Crippen LogP contribution in [0, 0.1) is 11.3 Å². The molecule has 0 aliphatic heterocycles. The fraction of sp³-hybridized carbons (Fsp3) is 0.258. The molecule has 0 amide bonds. The first kappa shape index (κ1) is 28.2. The number of aliphatic hydroxyl groups excluding tert-OH is 2. The van der Waals surface area contributed by atoms with Crippen molar-refractivity contribution in [2.24, 2.45) is 0 Å². The van der Waals surface area contributed by atoms with Crippen molar-refractivity contribution in [1.29, 1.82) is 5.26 Å². The first-order chi connectivity index (χ1) is 17.4. The van der Waals surface area contributed by atoms with Gasteiger partial charge in [-0.1, -0.05) is 66.7 Å². The zero-order chi connectivity index (χ0) is 25.5. The first-order valence-corrected chi connectivity index (χ1v) is 12.1. The number of aliphatic hydroxyl groups is 2. The van der Waals surface area contributed by atoms with Crippen molar-refractivity contribution in [3.8, 4) is 22.9 Å². The minimum absolute atomic E-state index is 0. The van der Waals surface area contributed by atoms with E-state index in [0.717, 1.165) is 23.1 Å². The van der Waals surface area contributed by atoms with Crippen molar-refractivity contribution in [3.05, 3.63) is 102 Å². The van der Waals surface area contributed by atoms with Crippen LogP contribution in [0.2, 0.25) is 0 Å². The van der Waals surface area contributed by atoms with Gasteiger partial charge in [0.15, 0.2) is 0 Å². The summed E-state index contributed by atoms with van der Waals surface area (Å²) in [7, 11) is 0. The van der Waals surface area contributed by atoms with Crippen molar-refractivity contribution in [3.63, 3.8) is 0 Å². The Morgan fingerprint density at radius 1 is 0.892 bits per heavy atom. The topological polar surface area (TPSA) is 85.5 Å². The predicted molar refractivity (Wildman–Crippen MR) is 151 cm³/mol. The summed E-state index contributed by atoms with van der Waals surface area (Å²) in [5.74, 6) is 0.439. The number of benzene rings is 4. The maximum Gasteiger partial charge on any atom is 0.137 e. The molecule has 37 heavy (non-hydrogen) atoms. The Morgan fingerprint density at radius 3 is 2.41 bits per heavy atom. The van der Waals surface area contributed by atoms with Gasteiger partial charge in [-0.25, -0.2) is 0 Å². The molecule has 0 heterocycles. The van der Waals surface area contributed by atoms with Crippen molar-refractivity contribution in [1.82, 2.24) is 5.32 Å². The summed E-state index contributed by atoms with van der Waals surface area (Å²) in [6.07, 6.45) is 0.0940. The number of rotatable bonds is 10. The molecule has 4 aromatic rings. The van der Waals surface area contributed by atoms with Crippen LogP contribution in [0.15, 0.2) is 84.9 Å². The third-order valence-electron chi connectivity index (χ3n) is 6.25. The van der Waals surface area contributed by atoms with E-state index in [1.54, 1.807) is 12.1 Å². The average molecular weight is 517 g/mol. The molecule has 0 saturated heterocycles. The Labute approximate surface area is 224 Å². The Morgan fingerprint density at radius 2 is 1.65 bits per heavy atom. The molecule has 1 atom stereocenters. The second-order valence-electron chi connectivity index (χ2n) is 9.77. The molecule has 0 bridgehead atoms. The van der Waals surface area contributed by atoms with E-state index in [1.165, 1.54) is 16.3 Å². The Hall–Kier alpha value is -3.40. The SMILES string of the molecule is CC(C)(Cc1ccc2ccccc2c1)NCC(O)COc1ccc(-c2cccc(CO)c2)cc1C#N.Cl. The van der Waals surface area contributed by atoms with Crippen LogP contribution in [0.3, 0.4) is 0 Å². The summed E-state index contributed by atoms with van der Waals surface area (Å²) in [4.78, 5) is 0. The largest absolute Gasteiger partial charge is 0.489 e. The van der Waals surface area contributed by atoms with Crippen LogP contribution in [0.4, 0.5) is 0 Å². The molecule has 0 aromatic heterocycles. The van der Waals surface area contributed by atoms with E-state index in [0.29, 0.717) is 17.9 Å². The van der Waals surface area contributed by atoms with Gasteiger partial charge in [-0.15, -0.1) is 12.4 Å².